The van der Waals surface area contributed by atoms with Gasteiger partial charge in [0.1, 0.15) is 5.56 Å². The van der Waals surface area contributed by atoms with Crippen molar-refractivity contribution in [3.05, 3.63) is 63.6 Å². The van der Waals surface area contributed by atoms with Crippen LogP contribution in [-0.2, 0) is 4.74 Å². The van der Waals surface area contributed by atoms with Gasteiger partial charge in [0.15, 0.2) is 0 Å². The van der Waals surface area contributed by atoms with Crippen LogP contribution in [0.4, 0.5) is 5.69 Å². The summed E-state index contributed by atoms with van der Waals surface area (Å²) in [7, 11) is 0. The first kappa shape index (κ1) is 12.2. The molecule has 94 valence electrons. The number of hydrogen-bond acceptors (Lipinski definition) is 3. The average molecular weight is 292 g/mol. The number of nitrogens with one attached hydrogen (secondary N) is 1. The monoisotopic (exact) mass is 291 g/mol. The number of cyclic esters (lactones) is 1. The maximum atomic E-state index is 11.6. The smallest absolute Gasteiger partial charge is 0.349 e. The van der Waals surface area contributed by atoms with E-state index in [0.29, 0.717) is 21.3 Å². The van der Waals surface area contributed by atoms with Crippen LogP contribution in [0.1, 0.15) is 22.1 Å². The van der Waals surface area contributed by atoms with E-state index in [2.05, 4.69) is 17.4 Å². The molecule has 0 aromatic heterocycles. The topological polar surface area (TPSA) is 38.3 Å². The Labute approximate surface area is 120 Å². The molecule has 0 spiro atoms. The van der Waals surface area contributed by atoms with Gasteiger partial charge >= 0.3 is 5.97 Å². The van der Waals surface area contributed by atoms with Gasteiger partial charge in [-0.15, -0.1) is 0 Å². The van der Waals surface area contributed by atoms with Gasteiger partial charge in [0.2, 0.25) is 6.23 Å². The van der Waals surface area contributed by atoms with Gasteiger partial charge in [-0.3, -0.25) is 0 Å². The summed E-state index contributed by atoms with van der Waals surface area (Å²) < 4.78 is 5.23. The summed E-state index contributed by atoms with van der Waals surface area (Å²) in [6.07, 6.45) is -0.550. The number of carbonyl (C=O) groups is 1. The van der Waals surface area contributed by atoms with E-state index in [1.54, 1.807) is 30.3 Å². The zero-order chi connectivity index (χ0) is 13.4. The highest BCUT2D eigenvalue weighted by atomic mass is 35.5. The summed E-state index contributed by atoms with van der Waals surface area (Å²) >= 11 is 11.8. The summed E-state index contributed by atoms with van der Waals surface area (Å²) in [4.78, 5) is 11.6. The van der Waals surface area contributed by atoms with E-state index < -0.39 is 12.2 Å². The minimum atomic E-state index is -0.550. The quantitative estimate of drug-likeness (QED) is 0.854. The van der Waals surface area contributed by atoms with Crippen molar-refractivity contribution in [2.24, 2.45) is 0 Å². The van der Waals surface area contributed by atoms with Crippen LogP contribution in [-0.4, -0.2) is 5.97 Å². The molecule has 2 aromatic carbocycles. The van der Waals surface area contributed by atoms with E-state index >= 15 is 0 Å². The van der Waals surface area contributed by atoms with Gasteiger partial charge in [0.05, 0.1) is 10.0 Å². The van der Waals surface area contributed by atoms with Crippen LogP contribution in [0.3, 0.4) is 0 Å². The molecule has 0 amide bonds. The minimum absolute atomic E-state index is 0.403. The number of halogens is 2. The zero-order valence-electron chi connectivity index (χ0n) is 9.54. The number of fused-ring (bicyclic) bond motifs is 1. The van der Waals surface area contributed by atoms with E-state index in [9.17, 15) is 4.79 Å². The van der Waals surface area contributed by atoms with Gasteiger partial charge in [-0.25, -0.2) is 4.79 Å². The lowest BCUT2D eigenvalue weighted by Gasteiger charge is -2.14. The summed E-state index contributed by atoms with van der Waals surface area (Å²) in [5.41, 5.74) is 1.85. The van der Waals surface area contributed by atoms with Crippen molar-refractivity contribution >= 4 is 34.9 Å². The van der Waals surface area contributed by atoms with Crippen LogP contribution in [0.2, 0.25) is 10.0 Å². The third-order valence-electron chi connectivity index (χ3n) is 2.76. The lowest BCUT2D eigenvalue weighted by Crippen LogP contribution is -2.10. The average Bonchev–Trinajstić information content (AvgIpc) is 2.72. The first-order valence-corrected chi connectivity index (χ1v) is 6.25. The molecule has 0 saturated heterocycles. The molecule has 5 heteroatoms. The van der Waals surface area contributed by atoms with Crippen LogP contribution in [0, 0.1) is 12.1 Å². The zero-order valence-corrected chi connectivity index (χ0v) is 11.0. The fourth-order valence-corrected chi connectivity index (χ4v) is 2.16. The fraction of sp³-hybridized carbons (Fsp3) is 0.0714. The lowest BCUT2D eigenvalue weighted by atomic mass is 10.1. The molecular weight excluding hydrogens is 285 g/mol. The van der Waals surface area contributed by atoms with Crippen molar-refractivity contribution in [3.8, 4) is 0 Å². The molecule has 1 N–H and O–H groups in total. The number of rotatable bonds is 2. The number of esters is 1. The molecule has 3 rings (SSSR count). The Bertz CT molecular complexity index is 658. The molecule has 0 fully saturated rings. The summed E-state index contributed by atoms with van der Waals surface area (Å²) in [6.45, 7) is 0. The molecule has 0 radical (unpaired) electrons. The van der Waals surface area contributed by atoms with E-state index in [4.69, 9.17) is 27.9 Å². The lowest BCUT2D eigenvalue weighted by molar-refractivity contribution is 0.0437. The van der Waals surface area contributed by atoms with Crippen LogP contribution >= 0.6 is 23.2 Å². The second-order valence-electron chi connectivity index (χ2n) is 3.99. The van der Waals surface area contributed by atoms with E-state index in [-0.39, 0.29) is 0 Å². The molecule has 1 heterocycles. The molecule has 0 saturated carbocycles. The maximum Gasteiger partial charge on any atom is 0.349 e. The van der Waals surface area contributed by atoms with Crippen LogP contribution in [0.15, 0.2) is 30.3 Å². The molecule has 0 bridgehead atoms. The Morgan fingerprint density at radius 1 is 1.21 bits per heavy atom. The van der Waals surface area contributed by atoms with Crippen molar-refractivity contribution in [2.45, 2.75) is 6.23 Å². The third-order valence-corrected chi connectivity index (χ3v) is 3.50. The van der Waals surface area contributed by atoms with Gasteiger partial charge in [-0.05, 0) is 30.3 Å². The van der Waals surface area contributed by atoms with Crippen LogP contribution in [0.5, 0.6) is 0 Å². The third kappa shape index (κ3) is 2.21. The predicted molar refractivity (Wildman–Crippen MR) is 72.4 cm³/mol. The molecule has 2 aromatic rings. The van der Waals surface area contributed by atoms with Gasteiger partial charge in [-0.2, -0.15) is 0 Å². The second kappa shape index (κ2) is 4.65. The van der Waals surface area contributed by atoms with Gasteiger partial charge < -0.3 is 10.1 Å². The van der Waals surface area contributed by atoms with Crippen molar-refractivity contribution < 1.29 is 9.53 Å². The van der Waals surface area contributed by atoms with E-state index in [0.717, 1.165) is 5.56 Å². The maximum absolute atomic E-state index is 11.6. The Kier molecular flexibility index (Phi) is 2.98. The molecule has 19 heavy (non-hydrogen) atoms. The summed E-state index contributed by atoms with van der Waals surface area (Å²) in [5.74, 6) is -0.413. The van der Waals surface area contributed by atoms with Crippen LogP contribution < -0.4 is 5.32 Å². The first-order valence-electron chi connectivity index (χ1n) is 5.50. The Morgan fingerprint density at radius 3 is 2.84 bits per heavy atom. The molecule has 1 atom stereocenters. The molecule has 1 aliphatic rings. The van der Waals surface area contributed by atoms with Gasteiger partial charge in [0, 0.05) is 11.3 Å². The van der Waals surface area contributed by atoms with Gasteiger partial charge in [-0.1, -0.05) is 35.3 Å². The SMILES string of the molecule is O=C1O[C@H](Nc2ccc(Cl)c(Cl)c2)c2ccc#cc21. The van der Waals surface area contributed by atoms with Gasteiger partial charge in [0.25, 0.3) is 0 Å². The number of benzene rings is 1. The van der Waals surface area contributed by atoms with Crippen molar-refractivity contribution in [2.75, 3.05) is 5.32 Å². The Balaban J connectivity index is 1.89. The summed E-state index contributed by atoms with van der Waals surface area (Å²) in [6, 6.07) is 14.0. The summed E-state index contributed by atoms with van der Waals surface area (Å²) in [5, 5.41) is 3.98. The van der Waals surface area contributed by atoms with Crippen molar-refractivity contribution in [1.29, 1.82) is 0 Å². The molecular formula is C14H7Cl2NO2. The minimum Gasteiger partial charge on any atom is -0.433 e. The number of hydrogen-bond donors (Lipinski definition) is 1. The van der Waals surface area contributed by atoms with Crippen molar-refractivity contribution in [1.82, 2.24) is 0 Å². The standard InChI is InChI=1S/C14H7Cl2NO2/c15-11-6-5-8(7-12(11)16)17-13-9-3-1-2-4-10(9)14(18)19-13/h1,3,5-7,13,17H/t13-/m0/s1. The largest absolute Gasteiger partial charge is 0.433 e. The first-order chi connectivity index (χ1) is 9.15. The highest BCUT2D eigenvalue weighted by Crippen LogP contribution is 2.32. The Hall–Kier alpha value is -1.89. The molecule has 0 unspecified atom stereocenters. The normalized spacial score (nSPS) is 16.5. The number of carbonyl (C=O) groups excluding carboxylic acids is 1. The van der Waals surface area contributed by atoms with Crippen LogP contribution in [0.25, 0.3) is 0 Å². The van der Waals surface area contributed by atoms with Crippen molar-refractivity contribution in [3.63, 3.8) is 0 Å². The molecule has 0 aliphatic carbocycles. The molecule has 1 aliphatic heterocycles. The Morgan fingerprint density at radius 2 is 2.05 bits per heavy atom. The fourth-order valence-electron chi connectivity index (χ4n) is 1.86. The number of anilines is 1. The van der Waals surface area contributed by atoms with E-state index in [1.807, 2.05) is 0 Å². The second-order valence-corrected chi connectivity index (χ2v) is 4.81. The highest BCUT2D eigenvalue weighted by molar-refractivity contribution is 6.42. The number of ether oxygens (including phenoxy) is 1. The highest BCUT2D eigenvalue weighted by Gasteiger charge is 2.30. The predicted octanol–water partition coefficient (Wildman–Crippen LogP) is 3.87. The molecule has 3 nitrogen and oxygen atoms in total. The van der Waals surface area contributed by atoms with E-state index in [1.165, 1.54) is 0 Å².